The minimum Gasteiger partial charge on any atom is -0.497 e. The molecule has 0 aromatic heterocycles. The van der Waals surface area contributed by atoms with Gasteiger partial charge in [0.15, 0.2) is 0 Å². The van der Waals surface area contributed by atoms with Crippen molar-refractivity contribution >= 4 is 23.2 Å². The second-order valence-electron chi connectivity index (χ2n) is 4.13. The quantitative estimate of drug-likeness (QED) is 0.872. The van der Waals surface area contributed by atoms with Gasteiger partial charge in [0.2, 0.25) is 5.91 Å². The summed E-state index contributed by atoms with van der Waals surface area (Å²) in [6, 6.07) is 12.4. The first kappa shape index (κ1) is 14.3. The molecule has 3 nitrogen and oxygen atoms in total. The van der Waals surface area contributed by atoms with E-state index in [9.17, 15) is 9.18 Å². The van der Waals surface area contributed by atoms with Crippen LogP contribution in [0.5, 0.6) is 5.75 Å². The third-order valence-electron chi connectivity index (χ3n) is 2.75. The van der Waals surface area contributed by atoms with Crippen LogP contribution >= 0.6 is 11.6 Å². The summed E-state index contributed by atoms with van der Waals surface area (Å²) >= 11 is 6.11. The maximum Gasteiger partial charge on any atom is 0.246 e. The zero-order chi connectivity index (χ0) is 14.5. The Kier molecular flexibility index (Phi) is 4.58. The minimum atomic E-state index is -0.828. The Labute approximate surface area is 121 Å². The van der Waals surface area contributed by atoms with Gasteiger partial charge < -0.3 is 10.1 Å². The number of rotatable bonds is 4. The van der Waals surface area contributed by atoms with Crippen molar-refractivity contribution < 1.29 is 13.9 Å². The SMILES string of the molecule is COc1ccc(C(Cl)C(=O)Nc2ccc(F)cc2)cc1. The number of alkyl halides is 1. The molecule has 2 aromatic carbocycles. The molecule has 0 aliphatic heterocycles. The van der Waals surface area contributed by atoms with Crippen molar-refractivity contribution in [3.8, 4) is 5.75 Å². The van der Waals surface area contributed by atoms with Crippen LogP contribution in [0.25, 0.3) is 0 Å². The number of methoxy groups -OCH3 is 1. The Morgan fingerprint density at radius 2 is 1.75 bits per heavy atom. The molecular formula is C15H13ClFNO2. The first-order chi connectivity index (χ1) is 9.60. The molecule has 104 valence electrons. The van der Waals surface area contributed by atoms with Crippen molar-refractivity contribution in [3.63, 3.8) is 0 Å². The summed E-state index contributed by atoms with van der Waals surface area (Å²) in [4.78, 5) is 12.0. The van der Waals surface area contributed by atoms with E-state index in [2.05, 4.69) is 5.32 Å². The fraction of sp³-hybridized carbons (Fsp3) is 0.133. The van der Waals surface area contributed by atoms with Gasteiger partial charge in [-0.25, -0.2) is 4.39 Å². The molecule has 1 amide bonds. The Bertz CT molecular complexity index is 584. The van der Waals surface area contributed by atoms with Gasteiger partial charge in [0.05, 0.1) is 7.11 Å². The Hall–Kier alpha value is -2.07. The molecule has 1 N–H and O–H groups in total. The second kappa shape index (κ2) is 6.39. The molecule has 0 bridgehead atoms. The second-order valence-corrected chi connectivity index (χ2v) is 4.57. The van der Waals surface area contributed by atoms with Gasteiger partial charge in [-0.3, -0.25) is 4.79 Å². The van der Waals surface area contributed by atoms with Crippen molar-refractivity contribution in [3.05, 3.63) is 59.9 Å². The lowest BCUT2D eigenvalue weighted by molar-refractivity contribution is -0.116. The molecule has 20 heavy (non-hydrogen) atoms. The van der Waals surface area contributed by atoms with E-state index in [0.29, 0.717) is 17.0 Å². The van der Waals surface area contributed by atoms with E-state index in [4.69, 9.17) is 16.3 Å². The van der Waals surface area contributed by atoms with Crippen LogP contribution in [0.1, 0.15) is 10.9 Å². The van der Waals surface area contributed by atoms with Crippen LogP contribution in [-0.4, -0.2) is 13.0 Å². The number of nitrogens with one attached hydrogen (secondary N) is 1. The van der Waals surface area contributed by atoms with Crippen LogP contribution < -0.4 is 10.1 Å². The van der Waals surface area contributed by atoms with Gasteiger partial charge in [0.25, 0.3) is 0 Å². The molecule has 0 saturated carbocycles. The van der Waals surface area contributed by atoms with Crippen molar-refractivity contribution in [2.45, 2.75) is 5.38 Å². The number of anilines is 1. The van der Waals surface area contributed by atoms with E-state index < -0.39 is 5.38 Å². The molecule has 0 spiro atoms. The normalized spacial score (nSPS) is 11.8. The van der Waals surface area contributed by atoms with Crippen LogP contribution in [0, 0.1) is 5.82 Å². The maximum atomic E-state index is 12.8. The number of carbonyl (C=O) groups excluding carboxylic acids is 1. The summed E-state index contributed by atoms with van der Waals surface area (Å²) in [5.74, 6) is -0.0411. The largest absolute Gasteiger partial charge is 0.497 e. The van der Waals surface area contributed by atoms with Crippen LogP contribution in [0.2, 0.25) is 0 Å². The summed E-state index contributed by atoms with van der Waals surface area (Å²) in [6.45, 7) is 0. The monoisotopic (exact) mass is 293 g/mol. The number of carbonyl (C=O) groups is 1. The first-order valence-corrected chi connectivity index (χ1v) is 6.38. The van der Waals surface area contributed by atoms with E-state index in [1.54, 1.807) is 31.4 Å². The number of hydrogen-bond acceptors (Lipinski definition) is 2. The zero-order valence-electron chi connectivity index (χ0n) is 10.8. The topological polar surface area (TPSA) is 38.3 Å². The lowest BCUT2D eigenvalue weighted by Gasteiger charge is -2.11. The molecule has 1 unspecified atom stereocenters. The van der Waals surface area contributed by atoms with Gasteiger partial charge in [-0.1, -0.05) is 12.1 Å². The molecular weight excluding hydrogens is 281 g/mol. The highest BCUT2D eigenvalue weighted by Crippen LogP contribution is 2.24. The van der Waals surface area contributed by atoms with Crippen LogP contribution in [0.3, 0.4) is 0 Å². The summed E-state index contributed by atoms with van der Waals surface area (Å²) in [5.41, 5.74) is 1.16. The molecule has 2 aromatic rings. The predicted molar refractivity (Wildman–Crippen MR) is 76.6 cm³/mol. The molecule has 2 rings (SSSR count). The maximum absolute atomic E-state index is 12.8. The van der Waals surface area contributed by atoms with Crippen LogP contribution in [0.4, 0.5) is 10.1 Å². The zero-order valence-corrected chi connectivity index (χ0v) is 11.5. The fourth-order valence-corrected chi connectivity index (χ4v) is 1.86. The molecule has 0 aliphatic carbocycles. The van der Waals surface area contributed by atoms with Gasteiger partial charge in [-0.2, -0.15) is 0 Å². The summed E-state index contributed by atoms with van der Waals surface area (Å²) < 4.78 is 17.8. The minimum absolute atomic E-state index is 0.361. The van der Waals surface area contributed by atoms with Crippen LogP contribution in [-0.2, 0) is 4.79 Å². The summed E-state index contributed by atoms with van der Waals surface area (Å²) in [5, 5.41) is 1.80. The van der Waals surface area contributed by atoms with Crippen LogP contribution in [0.15, 0.2) is 48.5 Å². The van der Waals surface area contributed by atoms with E-state index >= 15 is 0 Å². The highest BCUT2D eigenvalue weighted by molar-refractivity contribution is 6.32. The first-order valence-electron chi connectivity index (χ1n) is 5.94. The predicted octanol–water partition coefficient (Wildman–Crippen LogP) is 3.75. The molecule has 5 heteroatoms. The average Bonchev–Trinajstić information content (AvgIpc) is 2.49. The van der Waals surface area contributed by atoms with Gasteiger partial charge in [-0.15, -0.1) is 11.6 Å². The van der Waals surface area contributed by atoms with Crippen molar-refractivity contribution in [2.75, 3.05) is 12.4 Å². The number of halogens is 2. The molecule has 0 fully saturated rings. The molecule has 1 atom stereocenters. The van der Waals surface area contributed by atoms with Crippen molar-refractivity contribution in [1.29, 1.82) is 0 Å². The van der Waals surface area contributed by atoms with E-state index in [1.807, 2.05) is 0 Å². The lowest BCUT2D eigenvalue weighted by Crippen LogP contribution is -2.17. The average molecular weight is 294 g/mol. The summed E-state index contributed by atoms with van der Waals surface area (Å²) in [6.07, 6.45) is 0. The van der Waals surface area contributed by atoms with Gasteiger partial charge in [-0.05, 0) is 42.0 Å². The highest BCUT2D eigenvalue weighted by atomic mass is 35.5. The number of benzene rings is 2. The fourth-order valence-electron chi connectivity index (χ4n) is 1.66. The van der Waals surface area contributed by atoms with E-state index in [1.165, 1.54) is 24.3 Å². The van der Waals surface area contributed by atoms with Gasteiger partial charge >= 0.3 is 0 Å². The Morgan fingerprint density at radius 1 is 1.15 bits per heavy atom. The lowest BCUT2D eigenvalue weighted by atomic mass is 10.1. The smallest absolute Gasteiger partial charge is 0.246 e. The Morgan fingerprint density at radius 3 is 2.30 bits per heavy atom. The standard InChI is InChI=1S/C15H13ClFNO2/c1-20-13-8-2-10(3-9-13)14(16)15(19)18-12-6-4-11(17)5-7-12/h2-9,14H,1H3,(H,18,19). The molecule has 0 heterocycles. The number of amides is 1. The van der Waals surface area contributed by atoms with Crippen molar-refractivity contribution in [2.24, 2.45) is 0 Å². The number of ether oxygens (including phenoxy) is 1. The molecule has 0 saturated heterocycles. The van der Waals surface area contributed by atoms with E-state index in [0.717, 1.165) is 0 Å². The van der Waals surface area contributed by atoms with Crippen molar-refractivity contribution in [1.82, 2.24) is 0 Å². The summed E-state index contributed by atoms with van der Waals surface area (Å²) in [7, 11) is 1.56. The third kappa shape index (κ3) is 3.48. The van der Waals surface area contributed by atoms with Gasteiger partial charge in [0.1, 0.15) is 16.9 Å². The number of hydrogen-bond donors (Lipinski definition) is 1. The highest BCUT2D eigenvalue weighted by Gasteiger charge is 2.17. The van der Waals surface area contributed by atoms with Gasteiger partial charge in [0, 0.05) is 5.69 Å². The molecule has 0 radical (unpaired) electrons. The third-order valence-corrected chi connectivity index (χ3v) is 3.20. The van der Waals surface area contributed by atoms with E-state index in [-0.39, 0.29) is 11.7 Å². The molecule has 0 aliphatic rings. The Balaban J connectivity index is 2.05.